The molecule has 0 bridgehead atoms. The molecule has 11 heteroatoms. The van der Waals surface area contributed by atoms with E-state index in [-0.39, 0.29) is 6.20 Å². The standard InChI is InChI=1S/C10H6ClF6NO3/c1-20-8(19)6-4(9(12,13)14)3-18-5(2-11)7(6)21-10(15,16)17/h3H,2H2,1H3. The van der Waals surface area contributed by atoms with Gasteiger partial charge in [0.05, 0.1) is 24.2 Å². The van der Waals surface area contributed by atoms with Crippen molar-refractivity contribution in [3.05, 3.63) is 23.0 Å². The van der Waals surface area contributed by atoms with Crippen molar-refractivity contribution >= 4 is 17.6 Å². The molecule has 0 saturated heterocycles. The number of ether oxygens (including phenoxy) is 2. The Balaban J connectivity index is 3.66. The van der Waals surface area contributed by atoms with E-state index in [0.717, 1.165) is 0 Å². The maximum absolute atomic E-state index is 12.8. The van der Waals surface area contributed by atoms with Crippen LogP contribution in [0.3, 0.4) is 0 Å². The second kappa shape index (κ2) is 5.96. The van der Waals surface area contributed by atoms with Gasteiger partial charge in [-0.2, -0.15) is 13.2 Å². The van der Waals surface area contributed by atoms with Crippen molar-refractivity contribution in [3.63, 3.8) is 0 Å². The first-order chi connectivity index (χ1) is 9.51. The summed E-state index contributed by atoms with van der Waals surface area (Å²) < 4.78 is 82.8. The number of carbonyl (C=O) groups is 1. The minimum absolute atomic E-state index is 0.188. The Labute approximate surface area is 118 Å². The van der Waals surface area contributed by atoms with E-state index in [0.29, 0.717) is 7.11 Å². The largest absolute Gasteiger partial charge is 0.573 e. The highest BCUT2D eigenvalue weighted by Crippen LogP contribution is 2.39. The maximum Gasteiger partial charge on any atom is 0.573 e. The van der Waals surface area contributed by atoms with E-state index in [1.54, 1.807) is 0 Å². The van der Waals surface area contributed by atoms with Crippen LogP contribution in [0.25, 0.3) is 0 Å². The van der Waals surface area contributed by atoms with Gasteiger partial charge in [-0.3, -0.25) is 4.98 Å². The van der Waals surface area contributed by atoms with Crippen molar-refractivity contribution < 1.29 is 40.6 Å². The number of methoxy groups -OCH3 is 1. The van der Waals surface area contributed by atoms with Gasteiger partial charge in [-0.15, -0.1) is 24.8 Å². The summed E-state index contributed by atoms with van der Waals surface area (Å²) in [4.78, 5) is 14.6. The van der Waals surface area contributed by atoms with Crippen molar-refractivity contribution in [1.82, 2.24) is 4.98 Å². The lowest BCUT2D eigenvalue weighted by Gasteiger charge is -2.18. The number of alkyl halides is 7. The van der Waals surface area contributed by atoms with E-state index in [2.05, 4.69) is 14.5 Å². The molecule has 4 nitrogen and oxygen atoms in total. The highest BCUT2D eigenvalue weighted by Gasteiger charge is 2.42. The molecular formula is C10H6ClF6NO3. The van der Waals surface area contributed by atoms with Gasteiger partial charge in [-0.1, -0.05) is 0 Å². The molecule has 0 aliphatic carbocycles. The lowest BCUT2D eigenvalue weighted by molar-refractivity contribution is -0.275. The number of esters is 1. The summed E-state index contributed by atoms with van der Waals surface area (Å²) in [5.41, 5.74) is -3.84. The van der Waals surface area contributed by atoms with Crippen LogP contribution in [0.5, 0.6) is 5.75 Å². The molecule has 118 valence electrons. The zero-order valence-corrected chi connectivity index (χ0v) is 10.9. The summed E-state index contributed by atoms with van der Waals surface area (Å²) in [6.07, 6.45) is -10.3. The van der Waals surface area contributed by atoms with E-state index in [9.17, 15) is 31.1 Å². The minimum atomic E-state index is -5.34. The van der Waals surface area contributed by atoms with E-state index in [4.69, 9.17) is 11.6 Å². The van der Waals surface area contributed by atoms with Gasteiger partial charge in [-0.25, -0.2) is 4.79 Å². The first-order valence-corrected chi connectivity index (χ1v) is 5.53. The van der Waals surface area contributed by atoms with Crippen LogP contribution in [0.4, 0.5) is 26.3 Å². The van der Waals surface area contributed by atoms with Gasteiger partial charge in [0.1, 0.15) is 5.56 Å². The second-order valence-corrected chi connectivity index (χ2v) is 3.76. The third-order valence-electron chi connectivity index (χ3n) is 2.15. The lowest BCUT2D eigenvalue weighted by atomic mass is 10.1. The normalized spacial score (nSPS) is 12.2. The van der Waals surface area contributed by atoms with Crippen molar-refractivity contribution in [2.24, 2.45) is 0 Å². The molecule has 0 aliphatic rings. The third kappa shape index (κ3) is 4.13. The van der Waals surface area contributed by atoms with E-state index in [1.165, 1.54) is 0 Å². The molecule has 1 heterocycles. The Morgan fingerprint density at radius 1 is 1.29 bits per heavy atom. The molecule has 1 rings (SSSR count). The van der Waals surface area contributed by atoms with Crippen LogP contribution >= 0.6 is 11.6 Å². The first kappa shape index (κ1) is 17.3. The zero-order valence-electron chi connectivity index (χ0n) is 10.1. The van der Waals surface area contributed by atoms with Crippen LogP contribution in [0.1, 0.15) is 21.6 Å². The average Bonchev–Trinajstić information content (AvgIpc) is 2.34. The second-order valence-electron chi connectivity index (χ2n) is 3.49. The van der Waals surface area contributed by atoms with Gasteiger partial charge in [-0.05, 0) is 0 Å². The number of nitrogens with zero attached hydrogens (tertiary/aromatic N) is 1. The van der Waals surface area contributed by atoms with Crippen molar-refractivity contribution in [3.8, 4) is 5.75 Å². The van der Waals surface area contributed by atoms with E-state index < -0.39 is 47.0 Å². The topological polar surface area (TPSA) is 48.4 Å². The van der Waals surface area contributed by atoms with Crippen LogP contribution in [0.2, 0.25) is 0 Å². The van der Waals surface area contributed by atoms with Gasteiger partial charge in [0.25, 0.3) is 0 Å². The summed E-state index contributed by atoms with van der Waals surface area (Å²) >= 11 is 5.30. The summed E-state index contributed by atoms with van der Waals surface area (Å²) in [5, 5.41) is 0. The smallest absolute Gasteiger partial charge is 0.465 e. The Morgan fingerprint density at radius 3 is 2.24 bits per heavy atom. The zero-order chi connectivity index (χ0) is 16.4. The Morgan fingerprint density at radius 2 is 1.86 bits per heavy atom. The summed E-state index contributed by atoms with van der Waals surface area (Å²) in [6.45, 7) is 0. The maximum atomic E-state index is 12.8. The number of hydrogen-bond acceptors (Lipinski definition) is 4. The van der Waals surface area contributed by atoms with E-state index >= 15 is 0 Å². The molecule has 0 aliphatic heterocycles. The number of hydrogen-bond donors (Lipinski definition) is 0. The lowest BCUT2D eigenvalue weighted by Crippen LogP contribution is -2.24. The Hall–Kier alpha value is -1.71. The van der Waals surface area contributed by atoms with Gasteiger partial charge in [0, 0.05) is 6.20 Å². The highest BCUT2D eigenvalue weighted by atomic mass is 35.5. The monoisotopic (exact) mass is 337 g/mol. The van der Waals surface area contributed by atoms with Crippen molar-refractivity contribution in [2.45, 2.75) is 18.4 Å². The first-order valence-electron chi connectivity index (χ1n) is 5.00. The van der Waals surface area contributed by atoms with Crippen LogP contribution < -0.4 is 4.74 Å². The SMILES string of the molecule is COC(=O)c1c(C(F)(F)F)cnc(CCl)c1OC(F)(F)F. The molecule has 0 spiro atoms. The quantitative estimate of drug-likeness (QED) is 0.481. The summed E-state index contributed by atoms with van der Waals surface area (Å²) in [7, 11) is 0.709. The molecular weight excluding hydrogens is 332 g/mol. The molecule has 1 aromatic heterocycles. The average molecular weight is 338 g/mol. The van der Waals surface area contributed by atoms with Crippen LogP contribution in [0.15, 0.2) is 6.20 Å². The fourth-order valence-electron chi connectivity index (χ4n) is 1.37. The molecule has 0 atom stereocenters. The van der Waals surface area contributed by atoms with Crippen molar-refractivity contribution in [1.29, 1.82) is 0 Å². The summed E-state index contributed by atoms with van der Waals surface area (Å²) in [5.74, 6) is -3.79. The van der Waals surface area contributed by atoms with Gasteiger partial charge < -0.3 is 9.47 Å². The highest BCUT2D eigenvalue weighted by molar-refractivity contribution is 6.17. The summed E-state index contributed by atoms with van der Waals surface area (Å²) in [6, 6.07) is 0. The molecule has 21 heavy (non-hydrogen) atoms. The molecule has 0 aromatic carbocycles. The minimum Gasteiger partial charge on any atom is -0.465 e. The molecule has 1 aromatic rings. The van der Waals surface area contributed by atoms with Crippen LogP contribution in [-0.4, -0.2) is 24.4 Å². The Kier molecular flexibility index (Phi) is 4.92. The molecule has 0 N–H and O–H groups in total. The third-order valence-corrected chi connectivity index (χ3v) is 2.40. The number of aromatic nitrogens is 1. The predicted molar refractivity (Wildman–Crippen MR) is 56.8 cm³/mol. The fraction of sp³-hybridized carbons (Fsp3) is 0.400. The molecule has 0 fully saturated rings. The van der Waals surface area contributed by atoms with Gasteiger partial charge >= 0.3 is 18.5 Å². The molecule has 0 saturated carbocycles. The Bertz CT molecular complexity index is 543. The molecule has 0 radical (unpaired) electrons. The van der Waals surface area contributed by atoms with Gasteiger partial charge in [0.2, 0.25) is 0 Å². The van der Waals surface area contributed by atoms with E-state index in [1.807, 2.05) is 0 Å². The fourth-order valence-corrected chi connectivity index (χ4v) is 1.56. The number of pyridine rings is 1. The van der Waals surface area contributed by atoms with Gasteiger partial charge in [0.15, 0.2) is 5.75 Å². The number of halogens is 7. The van der Waals surface area contributed by atoms with Crippen molar-refractivity contribution in [2.75, 3.05) is 7.11 Å². The predicted octanol–water partition coefficient (Wildman–Crippen LogP) is 3.52. The number of carbonyl (C=O) groups excluding carboxylic acids is 1. The van der Waals surface area contributed by atoms with Crippen LogP contribution in [0, 0.1) is 0 Å². The number of rotatable bonds is 3. The molecule has 0 amide bonds. The van der Waals surface area contributed by atoms with Crippen LogP contribution in [-0.2, 0) is 16.8 Å². The molecule has 0 unspecified atom stereocenters.